The van der Waals surface area contributed by atoms with Gasteiger partial charge in [0, 0.05) is 46.8 Å². The van der Waals surface area contributed by atoms with Crippen molar-refractivity contribution in [2.24, 2.45) is 14.1 Å². The first-order valence-electron chi connectivity index (χ1n) is 9.87. The van der Waals surface area contributed by atoms with E-state index in [-0.39, 0.29) is 11.2 Å². The number of rotatable bonds is 6. The minimum atomic E-state index is -0.369. The molecule has 0 aliphatic carbocycles. The molecule has 0 bridgehead atoms. The van der Waals surface area contributed by atoms with E-state index in [0.717, 1.165) is 42.4 Å². The Bertz CT molecular complexity index is 1110. The van der Waals surface area contributed by atoms with Crippen LogP contribution in [0, 0.1) is 0 Å². The highest BCUT2D eigenvalue weighted by Crippen LogP contribution is 2.21. The van der Waals surface area contributed by atoms with Crippen molar-refractivity contribution in [3.63, 3.8) is 0 Å². The van der Waals surface area contributed by atoms with Crippen molar-refractivity contribution in [3.05, 3.63) is 51.2 Å². The maximum Gasteiger partial charge on any atom is 0.332 e. The van der Waals surface area contributed by atoms with Gasteiger partial charge >= 0.3 is 5.69 Å². The van der Waals surface area contributed by atoms with Gasteiger partial charge in [-0.1, -0.05) is 18.2 Å². The van der Waals surface area contributed by atoms with Crippen LogP contribution in [0.2, 0.25) is 0 Å². The van der Waals surface area contributed by atoms with Gasteiger partial charge < -0.3 is 19.5 Å². The van der Waals surface area contributed by atoms with Crippen molar-refractivity contribution in [2.75, 3.05) is 37.7 Å². The monoisotopic (exact) mass is 398 g/mol. The Balaban J connectivity index is 1.67. The van der Waals surface area contributed by atoms with Crippen LogP contribution in [0.1, 0.15) is 6.42 Å². The molecule has 0 spiro atoms. The molecule has 0 amide bonds. The zero-order valence-electron chi connectivity index (χ0n) is 16.8. The molecule has 29 heavy (non-hydrogen) atoms. The highest BCUT2D eigenvalue weighted by molar-refractivity contribution is 5.74. The fraction of sp³-hybridized carbons (Fsp3) is 0.450. The molecule has 3 heterocycles. The maximum atomic E-state index is 12.9. The van der Waals surface area contributed by atoms with Crippen LogP contribution in [0.25, 0.3) is 11.2 Å². The molecule has 9 nitrogen and oxygen atoms in total. The van der Waals surface area contributed by atoms with E-state index in [0.29, 0.717) is 30.7 Å². The standard InChI is InChI=1S/C20H26N6O3/c1-23-17-16(18(27)24(2)20(23)28)26(19(22-17)25-12-9-21-10-13-25)11-6-14-29-15-7-4-3-5-8-15/h3-5,7-8,21H,6,9-14H2,1-2H3. The molecule has 1 aliphatic rings. The number of anilines is 1. The number of ether oxygens (including phenoxy) is 1. The van der Waals surface area contributed by atoms with E-state index in [2.05, 4.69) is 10.2 Å². The molecule has 0 unspecified atom stereocenters. The molecule has 1 fully saturated rings. The largest absolute Gasteiger partial charge is 0.494 e. The van der Waals surface area contributed by atoms with Crippen LogP contribution in [0.15, 0.2) is 39.9 Å². The molecule has 3 aromatic rings. The van der Waals surface area contributed by atoms with Crippen molar-refractivity contribution in [3.8, 4) is 5.75 Å². The normalized spacial score (nSPS) is 14.5. The topological polar surface area (TPSA) is 86.3 Å². The van der Waals surface area contributed by atoms with Crippen LogP contribution < -0.4 is 26.2 Å². The molecule has 1 aliphatic heterocycles. The van der Waals surface area contributed by atoms with Gasteiger partial charge in [-0.25, -0.2) is 4.79 Å². The Morgan fingerprint density at radius 2 is 1.79 bits per heavy atom. The molecule has 4 rings (SSSR count). The molecule has 1 saturated heterocycles. The highest BCUT2D eigenvalue weighted by atomic mass is 16.5. The molecule has 154 valence electrons. The Kier molecular flexibility index (Phi) is 5.39. The van der Waals surface area contributed by atoms with Crippen molar-refractivity contribution >= 4 is 17.1 Å². The van der Waals surface area contributed by atoms with Crippen molar-refractivity contribution in [1.29, 1.82) is 0 Å². The number of aromatic nitrogens is 4. The third kappa shape index (κ3) is 3.65. The molecule has 1 N–H and O–H groups in total. The number of imidazole rings is 1. The molecule has 9 heteroatoms. The van der Waals surface area contributed by atoms with Gasteiger partial charge in [0.25, 0.3) is 5.56 Å². The summed E-state index contributed by atoms with van der Waals surface area (Å²) in [6.45, 7) is 4.43. The van der Waals surface area contributed by atoms with Gasteiger partial charge in [-0.2, -0.15) is 4.98 Å². The molecule has 0 radical (unpaired) electrons. The summed E-state index contributed by atoms with van der Waals surface area (Å²) in [5, 5.41) is 3.33. The summed E-state index contributed by atoms with van der Waals surface area (Å²) in [5.41, 5.74) is 0.200. The number of para-hydroxylation sites is 1. The molecular formula is C20H26N6O3. The van der Waals surface area contributed by atoms with E-state index in [1.54, 1.807) is 7.05 Å². The van der Waals surface area contributed by atoms with Crippen molar-refractivity contribution in [2.45, 2.75) is 13.0 Å². The van der Waals surface area contributed by atoms with Gasteiger partial charge in [-0.05, 0) is 18.6 Å². The summed E-state index contributed by atoms with van der Waals surface area (Å²) in [6.07, 6.45) is 0.714. The van der Waals surface area contributed by atoms with Crippen LogP contribution >= 0.6 is 0 Å². The average molecular weight is 398 g/mol. The van der Waals surface area contributed by atoms with Crippen LogP contribution in [0.4, 0.5) is 5.95 Å². The molecule has 0 saturated carbocycles. The fourth-order valence-electron chi connectivity index (χ4n) is 3.68. The number of fused-ring (bicyclic) bond motifs is 1. The second-order valence-electron chi connectivity index (χ2n) is 7.19. The second-order valence-corrected chi connectivity index (χ2v) is 7.19. The fourth-order valence-corrected chi connectivity index (χ4v) is 3.68. The Hall–Kier alpha value is -3.07. The Morgan fingerprint density at radius 3 is 2.52 bits per heavy atom. The molecule has 1 aromatic carbocycles. The minimum absolute atomic E-state index is 0.319. The van der Waals surface area contributed by atoms with Gasteiger partial charge in [-0.15, -0.1) is 0 Å². The zero-order chi connectivity index (χ0) is 20.4. The first-order valence-corrected chi connectivity index (χ1v) is 9.87. The van der Waals surface area contributed by atoms with Crippen LogP contribution in [0.5, 0.6) is 5.75 Å². The van der Waals surface area contributed by atoms with Crippen molar-refractivity contribution in [1.82, 2.24) is 24.0 Å². The highest BCUT2D eigenvalue weighted by Gasteiger charge is 2.23. The van der Waals surface area contributed by atoms with E-state index >= 15 is 0 Å². The van der Waals surface area contributed by atoms with Crippen molar-refractivity contribution < 1.29 is 4.74 Å². The third-order valence-electron chi connectivity index (χ3n) is 5.27. The van der Waals surface area contributed by atoms with Gasteiger partial charge in [0.1, 0.15) is 5.75 Å². The summed E-state index contributed by atoms with van der Waals surface area (Å²) in [7, 11) is 3.16. The summed E-state index contributed by atoms with van der Waals surface area (Å²) >= 11 is 0. The average Bonchev–Trinajstić information content (AvgIpc) is 3.15. The quantitative estimate of drug-likeness (QED) is 0.602. The number of nitrogens with zero attached hydrogens (tertiary/aromatic N) is 5. The summed E-state index contributed by atoms with van der Waals surface area (Å²) in [5.74, 6) is 1.56. The first-order chi connectivity index (χ1) is 14.1. The zero-order valence-corrected chi connectivity index (χ0v) is 16.8. The first kappa shape index (κ1) is 19.3. The lowest BCUT2D eigenvalue weighted by atomic mass is 10.3. The maximum absolute atomic E-state index is 12.9. The van der Waals surface area contributed by atoms with Gasteiger partial charge in [0.15, 0.2) is 11.2 Å². The number of hydrogen-bond acceptors (Lipinski definition) is 6. The summed E-state index contributed by atoms with van der Waals surface area (Å²) < 4.78 is 10.3. The van der Waals surface area contributed by atoms with E-state index < -0.39 is 0 Å². The van der Waals surface area contributed by atoms with E-state index in [9.17, 15) is 9.59 Å². The van der Waals surface area contributed by atoms with E-state index in [1.807, 2.05) is 34.9 Å². The SMILES string of the molecule is Cn1c(=O)c2c(nc(N3CCNCC3)n2CCCOc2ccccc2)n(C)c1=O. The number of piperazine rings is 1. The molecular weight excluding hydrogens is 372 g/mol. The lowest BCUT2D eigenvalue weighted by Crippen LogP contribution is -2.44. The van der Waals surface area contributed by atoms with Crippen LogP contribution in [-0.2, 0) is 20.6 Å². The second kappa shape index (κ2) is 8.12. The third-order valence-corrected chi connectivity index (χ3v) is 5.27. The number of nitrogens with one attached hydrogen (secondary N) is 1. The minimum Gasteiger partial charge on any atom is -0.494 e. The summed E-state index contributed by atoms with van der Waals surface area (Å²) in [4.78, 5) is 32.1. The van der Waals surface area contributed by atoms with Gasteiger partial charge in [-0.3, -0.25) is 13.9 Å². The van der Waals surface area contributed by atoms with Crippen LogP contribution in [-0.4, -0.2) is 51.5 Å². The summed E-state index contributed by atoms with van der Waals surface area (Å²) in [6, 6.07) is 9.66. The van der Waals surface area contributed by atoms with Gasteiger partial charge in [0.05, 0.1) is 6.61 Å². The number of hydrogen-bond donors (Lipinski definition) is 1. The predicted octanol–water partition coefficient (Wildman–Crippen LogP) is 0.312. The Morgan fingerprint density at radius 1 is 1.07 bits per heavy atom. The predicted molar refractivity (Wildman–Crippen MR) is 112 cm³/mol. The lowest BCUT2D eigenvalue weighted by molar-refractivity contribution is 0.302. The van der Waals surface area contributed by atoms with Gasteiger partial charge in [0.2, 0.25) is 5.95 Å². The number of benzene rings is 1. The smallest absolute Gasteiger partial charge is 0.332 e. The number of aryl methyl sites for hydroxylation is 2. The van der Waals surface area contributed by atoms with E-state index in [4.69, 9.17) is 9.72 Å². The van der Waals surface area contributed by atoms with Crippen LogP contribution in [0.3, 0.4) is 0 Å². The van der Waals surface area contributed by atoms with E-state index in [1.165, 1.54) is 11.6 Å². The Labute approximate surface area is 168 Å². The molecule has 0 atom stereocenters. The molecule has 2 aromatic heterocycles. The lowest BCUT2D eigenvalue weighted by Gasteiger charge is -2.28.